The lowest BCUT2D eigenvalue weighted by atomic mass is 10.0. The van der Waals surface area contributed by atoms with E-state index in [1.165, 1.54) is 51.4 Å². The third-order valence-electron chi connectivity index (χ3n) is 3.97. The van der Waals surface area contributed by atoms with Gasteiger partial charge in [0, 0.05) is 12.1 Å². The fourth-order valence-corrected chi connectivity index (χ4v) is 2.64. The van der Waals surface area contributed by atoms with E-state index in [4.69, 9.17) is 5.73 Å². The van der Waals surface area contributed by atoms with Crippen molar-refractivity contribution in [2.24, 2.45) is 5.73 Å². The Morgan fingerprint density at radius 2 is 1.40 bits per heavy atom. The van der Waals surface area contributed by atoms with Crippen molar-refractivity contribution in [1.29, 1.82) is 0 Å². The van der Waals surface area contributed by atoms with Gasteiger partial charge in [-0.25, -0.2) is 0 Å². The summed E-state index contributed by atoms with van der Waals surface area (Å²) in [7, 11) is 0. The van der Waals surface area contributed by atoms with Crippen LogP contribution in [-0.4, -0.2) is 5.11 Å². The minimum atomic E-state index is 0.412. The molecule has 0 saturated carbocycles. The van der Waals surface area contributed by atoms with E-state index in [2.05, 4.69) is 6.92 Å². The van der Waals surface area contributed by atoms with Gasteiger partial charge in [-0.15, -0.1) is 0 Å². The SMILES string of the molecule is CCCCCCCCCCCc1cccc(CN)c1O. The quantitative estimate of drug-likeness (QED) is 0.564. The normalized spacial score (nSPS) is 10.9. The average Bonchev–Trinajstić information content (AvgIpc) is 2.47. The Balaban J connectivity index is 2.09. The number of nitrogens with two attached hydrogens (primary N) is 1. The maximum Gasteiger partial charge on any atom is 0.123 e. The van der Waals surface area contributed by atoms with Crippen LogP contribution < -0.4 is 5.73 Å². The van der Waals surface area contributed by atoms with Gasteiger partial charge >= 0.3 is 0 Å². The zero-order valence-electron chi connectivity index (χ0n) is 13.0. The Morgan fingerprint density at radius 1 is 0.850 bits per heavy atom. The van der Waals surface area contributed by atoms with Crippen molar-refractivity contribution in [3.05, 3.63) is 29.3 Å². The molecule has 0 unspecified atom stereocenters. The number of phenols is 1. The van der Waals surface area contributed by atoms with E-state index >= 15 is 0 Å². The highest BCUT2D eigenvalue weighted by atomic mass is 16.3. The van der Waals surface area contributed by atoms with Gasteiger partial charge in [0.15, 0.2) is 0 Å². The van der Waals surface area contributed by atoms with E-state index in [9.17, 15) is 5.11 Å². The lowest BCUT2D eigenvalue weighted by Gasteiger charge is -2.08. The molecule has 0 fully saturated rings. The molecule has 114 valence electrons. The van der Waals surface area contributed by atoms with Crippen LogP contribution >= 0.6 is 0 Å². The molecule has 2 heteroatoms. The zero-order valence-corrected chi connectivity index (χ0v) is 13.0. The molecule has 0 aliphatic heterocycles. The summed E-state index contributed by atoms with van der Waals surface area (Å²) in [6.07, 6.45) is 13.0. The van der Waals surface area contributed by atoms with E-state index in [-0.39, 0.29) is 0 Å². The summed E-state index contributed by atoms with van der Waals surface area (Å²) in [6, 6.07) is 5.90. The van der Waals surface area contributed by atoms with Crippen LogP contribution in [0.15, 0.2) is 18.2 Å². The van der Waals surface area contributed by atoms with Gasteiger partial charge in [-0.05, 0) is 18.4 Å². The number of aromatic hydroxyl groups is 1. The van der Waals surface area contributed by atoms with Crippen LogP contribution in [0.1, 0.15) is 75.8 Å². The molecule has 2 nitrogen and oxygen atoms in total. The van der Waals surface area contributed by atoms with Crippen LogP contribution in [0.5, 0.6) is 5.75 Å². The first-order chi connectivity index (χ1) is 9.79. The molecule has 1 aromatic carbocycles. The third kappa shape index (κ3) is 6.42. The van der Waals surface area contributed by atoms with Crippen molar-refractivity contribution in [2.75, 3.05) is 0 Å². The molecule has 3 N–H and O–H groups in total. The van der Waals surface area contributed by atoms with Crippen molar-refractivity contribution in [3.8, 4) is 5.75 Å². The molecule has 0 amide bonds. The Morgan fingerprint density at radius 3 is 2.00 bits per heavy atom. The van der Waals surface area contributed by atoms with Gasteiger partial charge in [0.05, 0.1) is 0 Å². The molecule has 0 bridgehead atoms. The van der Waals surface area contributed by atoms with E-state index < -0.39 is 0 Å². The first kappa shape index (κ1) is 17.0. The number of phenolic OH excluding ortho intramolecular Hbond substituents is 1. The van der Waals surface area contributed by atoms with E-state index in [1.54, 1.807) is 0 Å². The summed E-state index contributed by atoms with van der Waals surface area (Å²) in [4.78, 5) is 0. The average molecular weight is 277 g/mol. The standard InChI is InChI=1S/C18H31NO/c1-2-3-4-5-6-7-8-9-10-12-16-13-11-14-17(15-19)18(16)20/h11,13-14,20H,2-10,12,15,19H2,1H3. The van der Waals surface area contributed by atoms with Gasteiger partial charge in [0.2, 0.25) is 0 Å². The first-order valence-corrected chi connectivity index (χ1v) is 8.29. The van der Waals surface area contributed by atoms with Gasteiger partial charge in [0.1, 0.15) is 5.75 Å². The summed E-state index contributed by atoms with van der Waals surface area (Å²) in [5.41, 5.74) is 7.52. The van der Waals surface area contributed by atoms with Crippen LogP contribution in [0.4, 0.5) is 0 Å². The smallest absolute Gasteiger partial charge is 0.123 e. The van der Waals surface area contributed by atoms with Gasteiger partial charge in [-0.2, -0.15) is 0 Å². The lowest BCUT2D eigenvalue weighted by Crippen LogP contribution is -1.98. The number of rotatable bonds is 11. The van der Waals surface area contributed by atoms with E-state index in [0.29, 0.717) is 12.3 Å². The second kappa shape index (κ2) is 10.7. The molecule has 1 rings (SSSR count). The molecule has 0 spiro atoms. The Labute approximate surface area is 124 Å². The van der Waals surface area contributed by atoms with E-state index in [0.717, 1.165) is 24.0 Å². The molecular formula is C18H31NO. The van der Waals surface area contributed by atoms with Crippen LogP contribution in [0.25, 0.3) is 0 Å². The highest BCUT2D eigenvalue weighted by Gasteiger charge is 2.05. The minimum absolute atomic E-state index is 0.412. The molecule has 0 heterocycles. The Hall–Kier alpha value is -1.02. The molecule has 20 heavy (non-hydrogen) atoms. The zero-order chi connectivity index (χ0) is 14.6. The molecular weight excluding hydrogens is 246 g/mol. The van der Waals surface area contributed by atoms with Gasteiger partial charge in [-0.1, -0.05) is 76.5 Å². The molecule has 0 radical (unpaired) electrons. The predicted molar refractivity (Wildman–Crippen MR) is 86.9 cm³/mol. The molecule has 0 saturated heterocycles. The molecule has 0 aliphatic carbocycles. The predicted octanol–water partition coefficient (Wildman–Crippen LogP) is 4.92. The monoisotopic (exact) mass is 277 g/mol. The fourth-order valence-electron chi connectivity index (χ4n) is 2.64. The third-order valence-corrected chi connectivity index (χ3v) is 3.97. The number of unbranched alkanes of at least 4 members (excludes halogenated alkanes) is 8. The molecule has 0 aromatic heterocycles. The Kier molecular flexibility index (Phi) is 9.14. The number of benzene rings is 1. The second-order valence-electron chi connectivity index (χ2n) is 5.71. The van der Waals surface area contributed by atoms with E-state index in [1.807, 2.05) is 18.2 Å². The molecule has 0 atom stereocenters. The van der Waals surface area contributed by atoms with Crippen LogP contribution in [0, 0.1) is 0 Å². The fraction of sp³-hybridized carbons (Fsp3) is 0.667. The maximum atomic E-state index is 10.0. The number of para-hydroxylation sites is 1. The minimum Gasteiger partial charge on any atom is -0.507 e. The lowest BCUT2D eigenvalue weighted by molar-refractivity contribution is 0.459. The summed E-state index contributed by atoms with van der Waals surface area (Å²) in [6.45, 7) is 2.67. The van der Waals surface area contributed by atoms with Gasteiger partial charge in [0.25, 0.3) is 0 Å². The first-order valence-electron chi connectivity index (χ1n) is 8.29. The maximum absolute atomic E-state index is 10.0. The topological polar surface area (TPSA) is 46.2 Å². The molecule has 1 aromatic rings. The summed E-state index contributed by atoms with van der Waals surface area (Å²) in [5.74, 6) is 0.412. The number of hydrogen-bond donors (Lipinski definition) is 2. The van der Waals surface area contributed by atoms with Crippen LogP contribution in [0.3, 0.4) is 0 Å². The highest BCUT2D eigenvalue weighted by Crippen LogP contribution is 2.24. The summed E-state index contributed by atoms with van der Waals surface area (Å²) < 4.78 is 0. The number of aryl methyl sites for hydroxylation is 1. The van der Waals surface area contributed by atoms with Crippen molar-refractivity contribution >= 4 is 0 Å². The van der Waals surface area contributed by atoms with Crippen molar-refractivity contribution in [3.63, 3.8) is 0 Å². The summed E-state index contributed by atoms with van der Waals surface area (Å²) >= 11 is 0. The molecule has 0 aliphatic rings. The Bertz CT molecular complexity index is 362. The van der Waals surface area contributed by atoms with Gasteiger partial charge in [-0.3, -0.25) is 0 Å². The second-order valence-corrected chi connectivity index (χ2v) is 5.71. The van der Waals surface area contributed by atoms with Crippen molar-refractivity contribution in [2.45, 2.75) is 77.7 Å². The van der Waals surface area contributed by atoms with Crippen molar-refractivity contribution < 1.29 is 5.11 Å². The van der Waals surface area contributed by atoms with Crippen molar-refractivity contribution in [1.82, 2.24) is 0 Å². The van der Waals surface area contributed by atoms with Crippen LogP contribution in [-0.2, 0) is 13.0 Å². The van der Waals surface area contributed by atoms with Crippen LogP contribution in [0.2, 0.25) is 0 Å². The summed E-state index contributed by atoms with van der Waals surface area (Å²) in [5, 5.41) is 10.0. The largest absolute Gasteiger partial charge is 0.507 e. The number of hydrogen-bond acceptors (Lipinski definition) is 2. The van der Waals surface area contributed by atoms with Gasteiger partial charge < -0.3 is 10.8 Å². The highest BCUT2D eigenvalue weighted by molar-refractivity contribution is 5.40.